The highest BCUT2D eigenvalue weighted by Gasteiger charge is 2.36. The predicted molar refractivity (Wildman–Crippen MR) is 135 cm³/mol. The molecule has 3 unspecified atom stereocenters. The molecule has 0 aliphatic heterocycles. The SMILES string of the molecule is CCC(C)(OC(=O)C(N)Cc1ccccn1)OC(=O)C(Cc1ccccn1)Nc1ccccc1[N+](=O)[O-]. The monoisotopic (exact) mass is 507 g/mol. The molecule has 0 aliphatic carbocycles. The van der Waals surface area contributed by atoms with Crippen LogP contribution in [0, 0.1) is 10.1 Å². The molecule has 11 nitrogen and oxygen atoms in total. The highest BCUT2D eigenvalue weighted by molar-refractivity contribution is 5.82. The van der Waals surface area contributed by atoms with Gasteiger partial charge in [-0.2, -0.15) is 0 Å². The molecule has 11 heteroatoms. The fourth-order valence-electron chi connectivity index (χ4n) is 3.43. The van der Waals surface area contributed by atoms with E-state index in [9.17, 15) is 19.7 Å². The summed E-state index contributed by atoms with van der Waals surface area (Å²) < 4.78 is 11.2. The highest BCUT2D eigenvalue weighted by atomic mass is 16.7. The Labute approximate surface area is 214 Å². The normalized spacial score (nSPS) is 14.0. The summed E-state index contributed by atoms with van der Waals surface area (Å²) in [5.74, 6) is -3.15. The predicted octanol–water partition coefficient (Wildman–Crippen LogP) is 3.19. The van der Waals surface area contributed by atoms with E-state index in [1.807, 2.05) is 0 Å². The van der Waals surface area contributed by atoms with Crippen LogP contribution in [0.3, 0.4) is 0 Å². The van der Waals surface area contributed by atoms with E-state index in [-0.39, 0.29) is 30.6 Å². The van der Waals surface area contributed by atoms with E-state index in [1.165, 1.54) is 25.1 Å². The molecule has 3 rings (SSSR count). The van der Waals surface area contributed by atoms with Gasteiger partial charge in [-0.1, -0.05) is 31.2 Å². The van der Waals surface area contributed by atoms with Crippen LogP contribution in [-0.2, 0) is 31.9 Å². The second-order valence-corrected chi connectivity index (χ2v) is 8.46. The maximum absolute atomic E-state index is 13.3. The molecule has 0 radical (unpaired) electrons. The number of nitrogens with zero attached hydrogens (tertiary/aromatic N) is 3. The Morgan fingerprint density at radius 3 is 2.11 bits per heavy atom. The number of anilines is 1. The number of rotatable bonds is 12. The zero-order chi connectivity index (χ0) is 26.8. The Morgan fingerprint density at radius 1 is 0.973 bits per heavy atom. The number of hydrogen-bond acceptors (Lipinski definition) is 10. The molecule has 3 N–H and O–H groups in total. The van der Waals surface area contributed by atoms with Crippen LogP contribution in [0.1, 0.15) is 31.7 Å². The van der Waals surface area contributed by atoms with Gasteiger partial charge < -0.3 is 20.5 Å². The van der Waals surface area contributed by atoms with Gasteiger partial charge in [0.15, 0.2) is 0 Å². The number of carbonyl (C=O) groups is 2. The number of benzene rings is 1. The van der Waals surface area contributed by atoms with Crippen molar-refractivity contribution in [2.75, 3.05) is 5.32 Å². The highest BCUT2D eigenvalue weighted by Crippen LogP contribution is 2.26. The standard InChI is InChI=1S/C26H29N5O6/c1-3-26(2,36-24(32)20(27)16-18-10-6-8-14-28-18)37-25(33)22(17-19-11-7-9-15-29-19)30-21-12-4-5-13-23(21)31(34)35/h4-15,20,22,30H,3,16-17,27H2,1-2H3. The van der Waals surface area contributed by atoms with Gasteiger partial charge in [0.05, 0.1) is 4.92 Å². The van der Waals surface area contributed by atoms with Crippen LogP contribution < -0.4 is 11.1 Å². The van der Waals surface area contributed by atoms with Crippen LogP contribution in [0.4, 0.5) is 11.4 Å². The first-order valence-corrected chi connectivity index (χ1v) is 11.7. The van der Waals surface area contributed by atoms with Gasteiger partial charge in [-0.05, 0) is 30.3 Å². The Morgan fingerprint density at radius 2 is 1.54 bits per heavy atom. The van der Waals surface area contributed by atoms with Gasteiger partial charge >= 0.3 is 11.9 Å². The molecule has 2 heterocycles. The first kappa shape index (κ1) is 27.2. The molecule has 194 valence electrons. The molecule has 0 saturated carbocycles. The first-order chi connectivity index (χ1) is 17.7. The van der Waals surface area contributed by atoms with Gasteiger partial charge in [0.1, 0.15) is 17.8 Å². The number of nitrogens with one attached hydrogen (secondary N) is 1. The number of carbonyl (C=O) groups excluding carboxylic acids is 2. The molecule has 0 bridgehead atoms. The molecular formula is C26H29N5O6. The summed E-state index contributed by atoms with van der Waals surface area (Å²) >= 11 is 0. The fraction of sp³-hybridized carbons (Fsp3) is 0.308. The topological polar surface area (TPSA) is 160 Å². The van der Waals surface area contributed by atoms with Crippen molar-refractivity contribution < 1.29 is 24.0 Å². The smallest absolute Gasteiger partial charge is 0.332 e. The molecule has 0 saturated heterocycles. The maximum atomic E-state index is 13.3. The Kier molecular flexibility index (Phi) is 9.22. The van der Waals surface area contributed by atoms with Crippen molar-refractivity contribution in [1.29, 1.82) is 0 Å². The summed E-state index contributed by atoms with van der Waals surface area (Å²) in [6.07, 6.45) is 3.52. The second-order valence-electron chi connectivity index (χ2n) is 8.46. The number of para-hydroxylation sites is 2. The van der Waals surface area contributed by atoms with Crippen LogP contribution >= 0.6 is 0 Å². The number of pyridine rings is 2. The van der Waals surface area contributed by atoms with Crippen LogP contribution in [0.15, 0.2) is 73.1 Å². The summed E-state index contributed by atoms with van der Waals surface area (Å²) in [6.45, 7) is 3.15. The Bertz CT molecular complexity index is 1210. The summed E-state index contributed by atoms with van der Waals surface area (Å²) in [7, 11) is 0. The number of hydrogen-bond donors (Lipinski definition) is 2. The van der Waals surface area contributed by atoms with E-state index in [0.717, 1.165) is 0 Å². The minimum Gasteiger partial charge on any atom is -0.422 e. The summed E-state index contributed by atoms with van der Waals surface area (Å²) in [5.41, 5.74) is 7.12. The maximum Gasteiger partial charge on any atom is 0.332 e. The zero-order valence-corrected chi connectivity index (χ0v) is 20.6. The Balaban J connectivity index is 1.77. The van der Waals surface area contributed by atoms with Crippen LogP contribution in [-0.4, -0.2) is 44.7 Å². The number of nitrogens with two attached hydrogens (primary N) is 1. The van der Waals surface area contributed by atoms with E-state index < -0.39 is 34.7 Å². The van der Waals surface area contributed by atoms with Crippen molar-refractivity contribution in [1.82, 2.24) is 9.97 Å². The van der Waals surface area contributed by atoms with Gasteiger partial charge in [0.2, 0.25) is 0 Å². The minimum absolute atomic E-state index is 0.0681. The molecule has 0 spiro atoms. The first-order valence-electron chi connectivity index (χ1n) is 11.7. The van der Waals surface area contributed by atoms with Crippen LogP contribution in [0.5, 0.6) is 0 Å². The van der Waals surface area contributed by atoms with Gasteiger partial charge in [0, 0.05) is 56.0 Å². The molecular weight excluding hydrogens is 478 g/mol. The van der Waals surface area contributed by atoms with E-state index in [4.69, 9.17) is 15.2 Å². The quantitative estimate of drug-likeness (QED) is 0.161. The molecule has 0 fully saturated rings. The minimum atomic E-state index is -1.62. The van der Waals surface area contributed by atoms with Gasteiger partial charge in [-0.25, -0.2) is 4.79 Å². The lowest BCUT2D eigenvalue weighted by atomic mass is 10.1. The molecule has 37 heavy (non-hydrogen) atoms. The lowest BCUT2D eigenvalue weighted by Gasteiger charge is -2.31. The second kappa shape index (κ2) is 12.5. The third-order valence-electron chi connectivity index (χ3n) is 5.59. The van der Waals surface area contributed by atoms with E-state index in [2.05, 4.69) is 15.3 Å². The van der Waals surface area contributed by atoms with Crippen molar-refractivity contribution in [3.63, 3.8) is 0 Å². The van der Waals surface area contributed by atoms with Crippen molar-refractivity contribution >= 4 is 23.3 Å². The average Bonchev–Trinajstić information content (AvgIpc) is 2.89. The van der Waals surface area contributed by atoms with E-state index >= 15 is 0 Å². The molecule has 3 aromatic rings. The summed E-state index contributed by atoms with van der Waals surface area (Å²) in [4.78, 5) is 45.4. The number of aromatic nitrogens is 2. The fourth-order valence-corrected chi connectivity index (χ4v) is 3.43. The van der Waals surface area contributed by atoms with Crippen LogP contribution in [0.2, 0.25) is 0 Å². The van der Waals surface area contributed by atoms with Gasteiger partial charge in [-0.3, -0.25) is 24.9 Å². The van der Waals surface area contributed by atoms with Crippen molar-refractivity contribution in [2.24, 2.45) is 5.73 Å². The average molecular weight is 508 g/mol. The molecule has 2 aromatic heterocycles. The third-order valence-corrected chi connectivity index (χ3v) is 5.59. The lowest BCUT2D eigenvalue weighted by Crippen LogP contribution is -2.46. The van der Waals surface area contributed by atoms with E-state index in [0.29, 0.717) is 11.4 Å². The van der Waals surface area contributed by atoms with E-state index in [1.54, 1.807) is 61.8 Å². The zero-order valence-electron chi connectivity index (χ0n) is 20.6. The number of nitro groups is 1. The van der Waals surface area contributed by atoms with Gasteiger partial charge in [0.25, 0.3) is 11.5 Å². The Hall–Kier alpha value is -4.38. The summed E-state index contributed by atoms with van der Waals surface area (Å²) in [5, 5.41) is 14.4. The molecule has 0 aliphatic rings. The molecule has 1 aromatic carbocycles. The lowest BCUT2D eigenvalue weighted by molar-refractivity contribution is -0.384. The third kappa shape index (κ3) is 7.80. The van der Waals surface area contributed by atoms with Crippen molar-refractivity contribution in [3.05, 3.63) is 94.6 Å². The van der Waals surface area contributed by atoms with Crippen molar-refractivity contribution in [3.8, 4) is 0 Å². The number of ether oxygens (including phenoxy) is 2. The van der Waals surface area contributed by atoms with Gasteiger partial charge in [-0.15, -0.1) is 0 Å². The van der Waals surface area contributed by atoms with Crippen molar-refractivity contribution in [2.45, 2.75) is 51.0 Å². The van der Waals surface area contributed by atoms with Crippen LogP contribution in [0.25, 0.3) is 0 Å². The number of nitro benzene ring substituents is 1. The molecule has 3 atom stereocenters. The largest absolute Gasteiger partial charge is 0.422 e. The number of esters is 2. The summed E-state index contributed by atoms with van der Waals surface area (Å²) in [6, 6.07) is 14.3. The molecule has 0 amide bonds.